The summed E-state index contributed by atoms with van der Waals surface area (Å²) in [6, 6.07) is 12.1. The second-order valence-electron chi connectivity index (χ2n) is 6.63. The lowest BCUT2D eigenvalue weighted by Gasteiger charge is -2.13. The first-order valence-electron chi connectivity index (χ1n) is 9.39. The predicted molar refractivity (Wildman–Crippen MR) is 109 cm³/mol. The molecular weight excluding hydrogens is 414 g/mol. The van der Waals surface area contributed by atoms with Crippen LogP contribution in [-0.2, 0) is 17.9 Å². The molecular formula is C22H21ClF2N2O3. The van der Waals surface area contributed by atoms with Crippen LogP contribution in [0.3, 0.4) is 0 Å². The molecule has 3 rings (SSSR count). The van der Waals surface area contributed by atoms with Crippen LogP contribution in [0.5, 0.6) is 5.75 Å². The predicted octanol–water partition coefficient (Wildman–Crippen LogP) is 5.21. The highest BCUT2D eigenvalue weighted by Crippen LogP contribution is 2.26. The van der Waals surface area contributed by atoms with Crippen molar-refractivity contribution in [1.29, 1.82) is 0 Å². The molecule has 0 aliphatic carbocycles. The molecule has 1 heterocycles. The summed E-state index contributed by atoms with van der Waals surface area (Å²) in [5.41, 5.74) is 2.15. The van der Waals surface area contributed by atoms with Crippen molar-refractivity contribution in [2.45, 2.75) is 32.4 Å². The maximum absolute atomic E-state index is 13.7. The second kappa shape index (κ2) is 9.71. The zero-order valence-electron chi connectivity index (χ0n) is 16.6. The van der Waals surface area contributed by atoms with Gasteiger partial charge in [0.15, 0.2) is 5.69 Å². The van der Waals surface area contributed by atoms with E-state index >= 15 is 0 Å². The number of esters is 1. The third-order valence-corrected chi connectivity index (χ3v) is 4.84. The summed E-state index contributed by atoms with van der Waals surface area (Å²) in [7, 11) is 0. The van der Waals surface area contributed by atoms with Gasteiger partial charge in [0.25, 0.3) is 0 Å². The zero-order chi connectivity index (χ0) is 21.7. The topological polar surface area (TPSA) is 53.4 Å². The molecule has 0 saturated heterocycles. The second-order valence-corrected chi connectivity index (χ2v) is 7.16. The van der Waals surface area contributed by atoms with Gasteiger partial charge in [-0.2, -0.15) is 5.10 Å². The minimum absolute atomic E-state index is 0.0150. The van der Waals surface area contributed by atoms with E-state index in [0.717, 1.165) is 17.3 Å². The quantitative estimate of drug-likeness (QED) is 0.361. The van der Waals surface area contributed by atoms with E-state index in [1.165, 1.54) is 12.1 Å². The lowest BCUT2D eigenvalue weighted by atomic mass is 10.1. The maximum Gasteiger partial charge on any atom is 0.358 e. The minimum Gasteiger partial charge on any atom is -0.489 e. The molecule has 0 spiro atoms. The fraction of sp³-hybridized carbons (Fsp3) is 0.273. The Hall–Kier alpha value is -2.93. The molecule has 0 bridgehead atoms. The number of aromatic nitrogens is 2. The van der Waals surface area contributed by atoms with E-state index < -0.39 is 17.6 Å². The molecule has 3 aromatic rings. The summed E-state index contributed by atoms with van der Waals surface area (Å²) in [6.07, 6.45) is 0. The van der Waals surface area contributed by atoms with Gasteiger partial charge in [0.1, 0.15) is 24.0 Å². The lowest BCUT2D eigenvalue weighted by Crippen LogP contribution is -2.10. The first-order valence-corrected chi connectivity index (χ1v) is 9.83. The van der Waals surface area contributed by atoms with Crippen molar-refractivity contribution >= 4 is 17.6 Å². The lowest BCUT2D eigenvalue weighted by molar-refractivity contribution is 0.0518. The fourth-order valence-corrected chi connectivity index (χ4v) is 3.11. The molecule has 1 aromatic heterocycles. The van der Waals surface area contributed by atoms with E-state index in [-0.39, 0.29) is 29.8 Å². The van der Waals surface area contributed by atoms with Gasteiger partial charge in [-0.3, -0.25) is 4.68 Å². The van der Waals surface area contributed by atoms with Crippen LogP contribution in [0.2, 0.25) is 0 Å². The van der Waals surface area contributed by atoms with Gasteiger partial charge in [-0.15, -0.1) is 11.6 Å². The van der Waals surface area contributed by atoms with Crippen LogP contribution in [0.15, 0.2) is 48.5 Å². The van der Waals surface area contributed by atoms with Gasteiger partial charge in [0.05, 0.1) is 18.5 Å². The molecule has 0 aliphatic heterocycles. The molecule has 1 atom stereocenters. The standard InChI is InChI=1S/C22H21ClF2N2O3/c1-3-29-22(28)21-10-14(2)27(26-21)12-19(23)15-5-8-18(9-6-15)30-13-16-4-7-17(24)11-20(16)25/h4-11,19H,3,12-13H2,1-2H3. The maximum atomic E-state index is 13.7. The van der Waals surface area contributed by atoms with Gasteiger partial charge in [-0.1, -0.05) is 12.1 Å². The molecule has 0 saturated carbocycles. The van der Waals surface area contributed by atoms with Crippen molar-refractivity contribution in [3.63, 3.8) is 0 Å². The van der Waals surface area contributed by atoms with E-state index in [9.17, 15) is 13.6 Å². The van der Waals surface area contributed by atoms with E-state index in [1.54, 1.807) is 41.9 Å². The van der Waals surface area contributed by atoms with E-state index in [1.807, 2.05) is 6.92 Å². The van der Waals surface area contributed by atoms with E-state index in [2.05, 4.69) is 5.10 Å². The van der Waals surface area contributed by atoms with Crippen molar-refractivity contribution in [3.8, 4) is 5.75 Å². The number of hydrogen-bond acceptors (Lipinski definition) is 4. The van der Waals surface area contributed by atoms with Gasteiger partial charge in [-0.25, -0.2) is 13.6 Å². The zero-order valence-corrected chi connectivity index (χ0v) is 17.3. The number of halogens is 3. The van der Waals surface area contributed by atoms with Gasteiger partial charge in [0, 0.05) is 17.3 Å². The molecule has 5 nitrogen and oxygen atoms in total. The Morgan fingerprint density at radius 3 is 2.57 bits per heavy atom. The molecule has 0 fully saturated rings. The van der Waals surface area contributed by atoms with Crippen LogP contribution >= 0.6 is 11.6 Å². The number of aryl methyl sites for hydroxylation is 1. The number of hydrogen-bond donors (Lipinski definition) is 0. The van der Waals surface area contributed by atoms with Crippen molar-refractivity contribution in [3.05, 3.63) is 82.7 Å². The van der Waals surface area contributed by atoms with Crippen LogP contribution < -0.4 is 4.74 Å². The summed E-state index contributed by atoms with van der Waals surface area (Å²) in [6.45, 7) is 4.21. The Labute approximate surface area is 178 Å². The third-order valence-electron chi connectivity index (χ3n) is 4.45. The Bertz CT molecular complexity index is 1020. The molecule has 0 aliphatic rings. The molecule has 30 heavy (non-hydrogen) atoms. The van der Waals surface area contributed by atoms with Gasteiger partial charge in [-0.05, 0) is 49.7 Å². The average molecular weight is 435 g/mol. The molecule has 2 aromatic carbocycles. The fourth-order valence-electron chi connectivity index (χ4n) is 2.83. The summed E-state index contributed by atoms with van der Waals surface area (Å²) in [5, 5.41) is 3.87. The number of carbonyl (C=O) groups is 1. The molecule has 1 unspecified atom stereocenters. The van der Waals surface area contributed by atoms with Crippen molar-refractivity contribution in [1.82, 2.24) is 9.78 Å². The summed E-state index contributed by atoms with van der Waals surface area (Å²) in [4.78, 5) is 11.8. The number of carbonyl (C=O) groups excluding carboxylic acids is 1. The Morgan fingerprint density at radius 2 is 1.90 bits per heavy atom. The largest absolute Gasteiger partial charge is 0.489 e. The third kappa shape index (κ3) is 5.36. The van der Waals surface area contributed by atoms with Crippen LogP contribution in [-0.4, -0.2) is 22.4 Å². The highest BCUT2D eigenvalue weighted by molar-refractivity contribution is 6.20. The van der Waals surface area contributed by atoms with Crippen LogP contribution in [0, 0.1) is 18.6 Å². The first kappa shape index (κ1) is 21.8. The number of ether oxygens (including phenoxy) is 2. The first-order chi connectivity index (χ1) is 14.4. The van der Waals surface area contributed by atoms with E-state index in [0.29, 0.717) is 12.3 Å². The Morgan fingerprint density at radius 1 is 1.17 bits per heavy atom. The molecule has 8 heteroatoms. The highest BCUT2D eigenvalue weighted by atomic mass is 35.5. The number of nitrogens with zero attached hydrogens (tertiary/aromatic N) is 2. The normalized spacial score (nSPS) is 11.9. The van der Waals surface area contributed by atoms with Crippen LogP contribution in [0.4, 0.5) is 8.78 Å². The summed E-state index contributed by atoms with van der Waals surface area (Å²) < 4.78 is 38.8. The molecule has 0 N–H and O–H groups in total. The highest BCUT2D eigenvalue weighted by Gasteiger charge is 2.16. The Kier molecular flexibility index (Phi) is 7.05. The smallest absolute Gasteiger partial charge is 0.358 e. The number of rotatable bonds is 8. The Balaban J connectivity index is 1.61. The molecule has 0 amide bonds. The number of alkyl halides is 1. The van der Waals surface area contributed by atoms with Crippen molar-refractivity contribution < 1.29 is 23.0 Å². The van der Waals surface area contributed by atoms with Gasteiger partial charge >= 0.3 is 5.97 Å². The van der Waals surface area contributed by atoms with E-state index in [4.69, 9.17) is 21.1 Å². The van der Waals surface area contributed by atoms with Crippen LogP contribution in [0.25, 0.3) is 0 Å². The SMILES string of the molecule is CCOC(=O)c1cc(C)n(CC(Cl)c2ccc(OCc3ccc(F)cc3F)cc2)n1. The van der Waals surface area contributed by atoms with Gasteiger partial charge < -0.3 is 9.47 Å². The summed E-state index contributed by atoms with van der Waals surface area (Å²) >= 11 is 6.52. The number of benzene rings is 2. The average Bonchev–Trinajstić information content (AvgIpc) is 3.08. The summed E-state index contributed by atoms with van der Waals surface area (Å²) in [5.74, 6) is -1.21. The molecule has 158 valence electrons. The van der Waals surface area contributed by atoms with Crippen molar-refractivity contribution in [2.24, 2.45) is 0 Å². The molecule has 0 radical (unpaired) electrons. The minimum atomic E-state index is -0.649. The van der Waals surface area contributed by atoms with Crippen LogP contribution in [0.1, 0.15) is 39.6 Å². The van der Waals surface area contributed by atoms with Gasteiger partial charge in [0.2, 0.25) is 0 Å². The van der Waals surface area contributed by atoms with Crippen molar-refractivity contribution in [2.75, 3.05) is 6.61 Å². The monoisotopic (exact) mass is 434 g/mol.